The van der Waals surface area contributed by atoms with E-state index in [1.807, 2.05) is 5.92 Å². The Balaban J connectivity index is 2.86. The summed E-state index contributed by atoms with van der Waals surface area (Å²) >= 11 is 3.23. The van der Waals surface area contributed by atoms with Crippen molar-refractivity contribution in [3.05, 3.63) is 34.3 Å². The maximum Gasteiger partial charge on any atom is 0.382 e. The number of benzene rings is 1. The van der Waals surface area contributed by atoms with Crippen molar-refractivity contribution in [3.8, 4) is 11.8 Å². The molecular formula is C10H7BrO3. The standard InChI is InChI=1S/C10H7BrO3/c11-8-3-1-2-7(6-8)9(12)4-5-10(13)14/h1-3,6,9,12H,(H,13,14). The van der Waals surface area contributed by atoms with Gasteiger partial charge in [0.25, 0.3) is 0 Å². The maximum atomic E-state index is 10.1. The zero-order valence-corrected chi connectivity index (χ0v) is 8.65. The minimum Gasteiger partial charge on any atom is -0.472 e. The van der Waals surface area contributed by atoms with Crippen molar-refractivity contribution >= 4 is 21.9 Å². The van der Waals surface area contributed by atoms with E-state index in [0.29, 0.717) is 5.56 Å². The van der Waals surface area contributed by atoms with Gasteiger partial charge in [0.05, 0.1) is 0 Å². The molecule has 1 rings (SSSR count). The summed E-state index contributed by atoms with van der Waals surface area (Å²) in [6.45, 7) is 0. The van der Waals surface area contributed by atoms with E-state index in [4.69, 9.17) is 5.11 Å². The summed E-state index contributed by atoms with van der Waals surface area (Å²) < 4.78 is 0.811. The van der Waals surface area contributed by atoms with Gasteiger partial charge < -0.3 is 10.2 Å². The Labute approximate surface area is 89.5 Å². The van der Waals surface area contributed by atoms with Gasteiger partial charge in [-0.05, 0) is 17.7 Å². The van der Waals surface area contributed by atoms with Gasteiger partial charge in [0.1, 0.15) is 6.10 Å². The number of rotatable bonds is 1. The van der Waals surface area contributed by atoms with Gasteiger partial charge in [-0.25, -0.2) is 4.79 Å². The molecule has 14 heavy (non-hydrogen) atoms. The van der Waals surface area contributed by atoms with Gasteiger partial charge in [-0.3, -0.25) is 0 Å². The first kappa shape index (κ1) is 10.8. The average molecular weight is 255 g/mol. The average Bonchev–Trinajstić information content (AvgIpc) is 2.14. The molecule has 0 bridgehead atoms. The van der Waals surface area contributed by atoms with Crippen LogP contribution in [0.4, 0.5) is 0 Å². The molecule has 0 aliphatic rings. The van der Waals surface area contributed by atoms with Crippen LogP contribution in [0.1, 0.15) is 11.7 Å². The molecule has 0 radical (unpaired) electrons. The molecular weight excluding hydrogens is 248 g/mol. The zero-order valence-electron chi connectivity index (χ0n) is 7.07. The molecule has 0 saturated heterocycles. The third-order valence-corrected chi connectivity index (χ3v) is 1.97. The predicted octanol–water partition coefficient (Wildman–Crippen LogP) is 1.57. The Morgan fingerprint density at radius 2 is 2.21 bits per heavy atom. The molecule has 1 aromatic carbocycles. The molecule has 0 saturated carbocycles. The lowest BCUT2D eigenvalue weighted by atomic mass is 10.1. The first-order valence-corrected chi connectivity index (χ1v) is 4.57. The normalized spacial score (nSPS) is 11.3. The van der Waals surface area contributed by atoms with E-state index in [-0.39, 0.29) is 0 Å². The van der Waals surface area contributed by atoms with Crippen molar-refractivity contribution in [1.82, 2.24) is 0 Å². The van der Waals surface area contributed by atoms with E-state index in [1.165, 1.54) is 0 Å². The largest absolute Gasteiger partial charge is 0.472 e. The highest BCUT2D eigenvalue weighted by Crippen LogP contribution is 2.17. The molecule has 2 N–H and O–H groups in total. The molecule has 0 heterocycles. The quantitative estimate of drug-likeness (QED) is 0.749. The van der Waals surface area contributed by atoms with Gasteiger partial charge in [0.2, 0.25) is 0 Å². The van der Waals surface area contributed by atoms with Crippen LogP contribution in [0.25, 0.3) is 0 Å². The highest BCUT2D eigenvalue weighted by Gasteiger charge is 2.03. The van der Waals surface area contributed by atoms with Crippen LogP contribution in [-0.2, 0) is 4.79 Å². The van der Waals surface area contributed by atoms with Crippen molar-refractivity contribution in [3.63, 3.8) is 0 Å². The summed E-state index contributed by atoms with van der Waals surface area (Å²) in [5, 5.41) is 17.7. The molecule has 0 spiro atoms. The van der Waals surface area contributed by atoms with E-state index < -0.39 is 12.1 Å². The van der Waals surface area contributed by atoms with E-state index >= 15 is 0 Å². The summed E-state index contributed by atoms with van der Waals surface area (Å²) in [7, 11) is 0. The molecule has 0 fully saturated rings. The van der Waals surface area contributed by atoms with Crippen molar-refractivity contribution in [2.75, 3.05) is 0 Å². The monoisotopic (exact) mass is 254 g/mol. The number of halogens is 1. The first-order valence-electron chi connectivity index (χ1n) is 3.77. The fraction of sp³-hybridized carbons (Fsp3) is 0.100. The minimum absolute atomic E-state index is 0.563. The number of hydrogen-bond acceptors (Lipinski definition) is 2. The number of aliphatic hydroxyl groups excluding tert-OH is 1. The van der Waals surface area contributed by atoms with Crippen LogP contribution < -0.4 is 0 Å². The summed E-state index contributed by atoms with van der Waals surface area (Å²) in [5.74, 6) is 2.82. The van der Waals surface area contributed by atoms with Crippen molar-refractivity contribution in [2.24, 2.45) is 0 Å². The van der Waals surface area contributed by atoms with Crippen molar-refractivity contribution < 1.29 is 15.0 Å². The SMILES string of the molecule is O=C(O)C#CC(O)c1cccc(Br)c1. The lowest BCUT2D eigenvalue weighted by molar-refractivity contribution is -0.130. The third-order valence-electron chi connectivity index (χ3n) is 1.48. The highest BCUT2D eigenvalue weighted by molar-refractivity contribution is 9.10. The topological polar surface area (TPSA) is 57.5 Å². The molecule has 3 nitrogen and oxygen atoms in total. The van der Waals surface area contributed by atoms with Gasteiger partial charge in [0.15, 0.2) is 0 Å². The number of carbonyl (C=O) groups is 1. The number of carboxylic acids is 1. The van der Waals surface area contributed by atoms with Crippen LogP contribution in [0, 0.1) is 11.8 Å². The molecule has 0 aromatic heterocycles. The summed E-state index contributed by atoms with van der Waals surface area (Å²) in [5.41, 5.74) is 0.563. The van der Waals surface area contributed by atoms with E-state index in [2.05, 4.69) is 21.9 Å². The predicted molar refractivity (Wildman–Crippen MR) is 54.5 cm³/mol. The summed E-state index contributed by atoms with van der Waals surface area (Å²) in [4.78, 5) is 10.1. The van der Waals surface area contributed by atoms with Crippen molar-refractivity contribution in [1.29, 1.82) is 0 Å². The third kappa shape index (κ3) is 3.21. The minimum atomic E-state index is -1.25. The number of aliphatic carboxylic acids is 1. The van der Waals surface area contributed by atoms with Gasteiger partial charge in [-0.2, -0.15) is 0 Å². The maximum absolute atomic E-state index is 10.1. The summed E-state index contributed by atoms with van der Waals surface area (Å²) in [6, 6.07) is 6.90. The lowest BCUT2D eigenvalue weighted by Gasteiger charge is -2.02. The van der Waals surface area contributed by atoms with Crippen molar-refractivity contribution in [2.45, 2.75) is 6.10 Å². The van der Waals surface area contributed by atoms with Crippen LogP contribution in [0.15, 0.2) is 28.7 Å². The summed E-state index contributed by atoms with van der Waals surface area (Å²) in [6.07, 6.45) is -1.07. The number of carboxylic acid groups (broad SMARTS) is 1. The van der Waals surface area contributed by atoms with Crippen LogP contribution >= 0.6 is 15.9 Å². The highest BCUT2D eigenvalue weighted by atomic mass is 79.9. The van der Waals surface area contributed by atoms with E-state index in [1.54, 1.807) is 24.3 Å². The Hall–Kier alpha value is -1.31. The molecule has 1 atom stereocenters. The van der Waals surface area contributed by atoms with Crippen LogP contribution in [0.5, 0.6) is 0 Å². The van der Waals surface area contributed by atoms with Crippen LogP contribution in [0.2, 0.25) is 0 Å². The molecule has 1 unspecified atom stereocenters. The first-order chi connectivity index (χ1) is 6.59. The van der Waals surface area contributed by atoms with Gasteiger partial charge in [-0.15, -0.1) is 0 Å². The second kappa shape index (κ2) is 4.80. The fourth-order valence-corrected chi connectivity index (χ4v) is 1.31. The number of hydrogen-bond donors (Lipinski definition) is 2. The van der Waals surface area contributed by atoms with Gasteiger partial charge in [-0.1, -0.05) is 34.0 Å². The van der Waals surface area contributed by atoms with Gasteiger partial charge >= 0.3 is 5.97 Å². The molecule has 0 aliphatic heterocycles. The smallest absolute Gasteiger partial charge is 0.382 e. The fourth-order valence-electron chi connectivity index (χ4n) is 0.890. The second-order valence-electron chi connectivity index (χ2n) is 2.53. The Morgan fingerprint density at radius 1 is 1.50 bits per heavy atom. The number of aliphatic hydroxyl groups is 1. The Bertz CT molecular complexity index is 403. The molecule has 4 heteroatoms. The van der Waals surface area contributed by atoms with Crippen LogP contribution in [-0.4, -0.2) is 16.2 Å². The van der Waals surface area contributed by atoms with Gasteiger partial charge in [0, 0.05) is 10.4 Å². The molecule has 0 amide bonds. The zero-order chi connectivity index (χ0) is 10.6. The van der Waals surface area contributed by atoms with Crippen LogP contribution in [0.3, 0.4) is 0 Å². The Kier molecular flexibility index (Phi) is 3.69. The Morgan fingerprint density at radius 3 is 2.79 bits per heavy atom. The second-order valence-corrected chi connectivity index (χ2v) is 3.45. The lowest BCUT2D eigenvalue weighted by Crippen LogP contribution is -1.95. The van der Waals surface area contributed by atoms with E-state index in [9.17, 15) is 9.90 Å². The molecule has 0 aliphatic carbocycles. The molecule has 72 valence electrons. The molecule has 1 aromatic rings. The van der Waals surface area contributed by atoms with E-state index in [0.717, 1.165) is 4.47 Å².